The third-order valence-corrected chi connectivity index (χ3v) is 3.88. The maximum atomic E-state index is 12.2. The molecule has 7 nitrogen and oxygen atoms in total. The molecule has 0 saturated carbocycles. The Morgan fingerprint density at radius 1 is 1.30 bits per heavy atom. The van der Waals surface area contributed by atoms with E-state index >= 15 is 0 Å². The Kier molecular flexibility index (Phi) is 5.38. The van der Waals surface area contributed by atoms with Gasteiger partial charge in [-0.15, -0.1) is 0 Å². The number of likely N-dealkylation sites (tertiary alicyclic amines) is 1. The van der Waals surface area contributed by atoms with Gasteiger partial charge in [-0.3, -0.25) is 9.59 Å². The summed E-state index contributed by atoms with van der Waals surface area (Å²) in [4.78, 5) is 30.3. The standard InChI is InChI=1S/C16H26N4O3/c1-11-18-13(23-19-11)10-17-15(22)12-5-7-20(8-6-12)14(21)9-16(2,3)4/h12H,5-10H2,1-4H3,(H,17,22). The first-order valence-electron chi connectivity index (χ1n) is 8.09. The lowest BCUT2D eigenvalue weighted by atomic mass is 9.90. The lowest BCUT2D eigenvalue weighted by Crippen LogP contribution is -2.43. The zero-order valence-corrected chi connectivity index (χ0v) is 14.4. The quantitative estimate of drug-likeness (QED) is 0.911. The van der Waals surface area contributed by atoms with Gasteiger partial charge in [-0.1, -0.05) is 25.9 Å². The number of aromatic nitrogens is 2. The van der Waals surface area contributed by atoms with Gasteiger partial charge >= 0.3 is 0 Å². The molecule has 1 aliphatic heterocycles. The summed E-state index contributed by atoms with van der Waals surface area (Å²) in [5.74, 6) is 1.08. The molecule has 23 heavy (non-hydrogen) atoms. The molecule has 0 aliphatic carbocycles. The SMILES string of the molecule is Cc1noc(CNC(=O)C2CCN(C(=O)CC(C)(C)C)CC2)n1. The van der Waals surface area contributed by atoms with E-state index in [0.29, 0.717) is 44.1 Å². The van der Waals surface area contributed by atoms with Crippen molar-refractivity contribution in [1.82, 2.24) is 20.4 Å². The first-order chi connectivity index (χ1) is 10.7. The predicted octanol–water partition coefficient (Wildman–Crippen LogP) is 1.67. The van der Waals surface area contributed by atoms with E-state index in [1.54, 1.807) is 6.92 Å². The molecule has 2 rings (SSSR count). The molecule has 0 atom stereocenters. The molecule has 0 unspecified atom stereocenters. The van der Waals surface area contributed by atoms with Crippen LogP contribution in [0.1, 0.15) is 51.7 Å². The fourth-order valence-electron chi connectivity index (χ4n) is 2.68. The molecule has 0 bridgehead atoms. The van der Waals surface area contributed by atoms with Gasteiger partial charge in [-0.25, -0.2) is 0 Å². The highest BCUT2D eigenvalue weighted by Gasteiger charge is 2.29. The Labute approximate surface area is 136 Å². The molecule has 1 fully saturated rings. The van der Waals surface area contributed by atoms with Crippen molar-refractivity contribution in [1.29, 1.82) is 0 Å². The summed E-state index contributed by atoms with van der Waals surface area (Å²) in [6.07, 6.45) is 1.94. The Morgan fingerprint density at radius 2 is 1.96 bits per heavy atom. The van der Waals surface area contributed by atoms with Gasteiger partial charge in [0.05, 0.1) is 6.54 Å². The van der Waals surface area contributed by atoms with E-state index < -0.39 is 0 Å². The van der Waals surface area contributed by atoms with Crippen LogP contribution in [0.3, 0.4) is 0 Å². The number of rotatable bonds is 4. The molecular weight excluding hydrogens is 296 g/mol. The molecule has 1 N–H and O–H groups in total. The van der Waals surface area contributed by atoms with Gasteiger partial charge in [-0.05, 0) is 25.2 Å². The third-order valence-electron chi connectivity index (χ3n) is 3.88. The van der Waals surface area contributed by atoms with Gasteiger partial charge in [0.2, 0.25) is 17.7 Å². The highest BCUT2D eigenvalue weighted by molar-refractivity contribution is 5.80. The third kappa shape index (κ3) is 5.33. The molecule has 1 aromatic rings. The van der Waals surface area contributed by atoms with Gasteiger partial charge in [0, 0.05) is 25.4 Å². The molecule has 0 radical (unpaired) electrons. The predicted molar refractivity (Wildman–Crippen MR) is 84.3 cm³/mol. The lowest BCUT2D eigenvalue weighted by molar-refractivity contribution is -0.137. The molecule has 7 heteroatoms. The maximum absolute atomic E-state index is 12.2. The lowest BCUT2D eigenvalue weighted by Gasteiger charge is -2.33. The average molecular weight is 322 g/mol. The Hall–Kier alpha value is -1.92. The number of nitrogens with zero attached hydrogens (tertiary/aromatic N) is 3. The number of carbonyl (C=O) groups is 2. The van der Waals surface area contributed by atoms with Crippen molar-refractivity contribution in [2.24, 2.45) is 11.3 Å². The summed E-state index contributed by atoms with van der Waals surface area (Å²) in [6, 6.07) is 0. The second-order valence-corrected chi connectivity index (χ2v) is 7.35. The number of hydrogen-bond acceptors (Lipinski definition) is 5. The van der Waals surface area contributed by atoms with E-state index in [4.69, 9.17) is 4.52 Å². The monoisotopic (exact) mass is 322 g/mol. The van der Waals surface area contributed by atoms with Crippen molar-refractivity contribution in [3.05, 3.63) is 11.7 Å². The van der Waals surface area contributed by atoms with E-state index in [1.165, 1.54) is 0 Å². The van der Waals surface area contributed by atoms with Crippen LogP contribution in [0, 0.1) is 18.3 Å². The van der Waals surface area contributed by atoms with Crippen LogP contribution in [0.25, 0.3) is 0 Å². The minimum atomic E-state index is -0.0577. The molecule has 128 valence electrons. The average Bonchev–Trinajstić information content (AvgIpc) is 2.89. The largest absolute Gasteiger partial charge is 0.347 e. The second-order valence-electron chi connectivity index (χ2n) is 7.35. The molecule has 0 spiro atoms. The number of nitrogens with one attached hydrogen (secondary N) is 1. The normalized spacial score (nSPS) is 16.4. The number of amides is 2. The molecule has 1 aromatic heterocycles. The summed E-state index contributed by atoms with van der Waals surface area (Å²) in [7, 11) is 0. The number of hydrogen-bond donors (Lipinski definition) is 1. The molecule has 0 aromatic carbocycles. The van der Waals surface area contributed by atoms with Crippen molar-refractivity contribution in [3.63, 3.8) is 0 Å². The van der Waals surface area contributed by atoms with E-state index in [1.807, 2.05) is 4.90 Å². The van der Waals surface area contributed by atoms with Crippen LogP contribution < -0.4 is 5.32 Å². The van der Waals surface area contributed by atoms with Crippen molar-refractivity contribution in [3.8, 4) is 0 Å². The Balaban J connectivity index is 1.75. The molecular formula is C16H26N4O3. The zero-order chi connectivity index (χ0) is 17.0. The fraction of sp³-hybridized carbons (Fsp3) is 0.750. The van der Waals surface area contributed by atoms with Crippen LogP contribution in [0.4, 0.5) is 0 Å². The van der Waals surface area contributed by atoms with Crippen molar-refractivity contribution in [2.45, 2.75) is 53.5 Å². The van der Waals surface area contributed by atoms with E-state index in [-0.39, 0.29) is 29.7 Å². The zero-order valence-electron chi connectivity index (χ0n) is 14.4. The van der Waals surface area contributed by atoms with E-state index in [2.05, 4.69) is 36.2 Å². The minimum absolute atomic E-state index is 0.00643. The van der Waals surface area contributed by atoms with Crippen LogP contribution in [0.5, 0.6) is 0 Å². The van der Waals surface area contributed by atoms with Crippen LogP contribution in [-0.2, 0) is 16.1 Å². The Morgan fingerprint density at radius 3 is 2.48 bits per heavy atom. The summed E-state index contributed by atoms with van der Waals surface area (Å²) in [5.41, 5.74) is -0.00643. The van der Waals surface area contributed by atoms with Gasteiger partial charge in [0.25, 0.3) is 0 Å². The van der Waals surface area contributed by atoms with Crippen molar-refractivity contribution in [2.75, 3.05) is 13.1 Å². The fourth-order valence-corrected chi connectivity index (χ4v) is 2.68. The Bertz CT molecular complexity index is 554. The molecule has 2 amide bonds. The summed E-state index contributed by atoms with van der Waals surface area (Å²) in [6.45, 7) is 9.46. The number of carbonyl (C=O) groups excluding carboxylic acids is 2. The summed E-state index contributed by atoms with van der Waals surface area (Å²) >= 11 is 0. The maximum Gasteiger partial charge on any atom is 0.246 e. The van der Waals surface area contributed by atoms with Crippen LogP contribution in [0.2, 0.25) is 0 Å². The molecule has 2 heterocycles. The highest BCUT2D eigenvalue weighted by Crippen LogP contribution is 2.23. The minimum Gasteiger partial charge on any atom is -0.347 e. The first-order valence-corrected chi connectivity index (χ1v) is 8.09. The van der Waals surface area contributed by atoms with E-state index in [9.17, 15) is 9.59 Å². The van der Waals surface area contributed by atoms with Crippen LogP contribution >= 0.6 is 0 Å². The summed E-state index contributed by atoms with van der Waals surface area (Å²) < 4.78 is 4.97. The van der Waals surface area contributed by atoms with Gasteiger partial charge < -0.3 is 14.7 Å². The molecule has 1 saturated heterocycles. The van der Waals surface area contributed by atoms with Crippen LogP contribution in [-0.4, -0.2) is 39.9 Å². The summed E-state index contributed by atoms with van der Waals surface area (Å²) in [5, 5.41) is 6.51. The number of aryl methyl sites for hydroxylation is 1. The second kappa shape index (κ2) is 7.10. The highest BCUT2D eigenvalue weighted by atomic mass is 16.5. The van der Waals surface area contributed by atoms with Gasteiger partial charge in [0.1, 0.15) is 0 Å². The van der Waals surface area contributed by atoms with Crippen LogP contribution in [0.15, 0.2) is 4.52 Å². The van der Waals surface area contributed by atoms with Gasteiger partial charge in [-0.2, -0.15) is 4.98 Å². The molecule has 1 aliphatic rings. The van der Waals surface area contributed by atoms with E-state index in [0.717, 1.165) is 0 Å². The van der Waals surface area contributed by atoms with Crippen molar-refractivity contribution < 1.29 is 14.1 Å². The number of piperidine rings is 1. The van der Waals surface area contributed by atoms with Crippen molar-refractivity contribution >= 4 is 11.8 Å². The van der Waals surface area contributed by atoms with Gasteiger partial charge in [0.15, 0.2) is 5.82 Å². The topological polar surface area (TPSA) is 88.3 Å². The first kappa shape index (κ1) is 17.4. The smallest absolute Gasteiger partial charge is 0.246 e.